The second kappa shape index (κ2) is 15.3. The number of carbonyl (C=O) groups excluding carboxylic acids is 2. The van der Waals surface area contributed by atoms with E-state index in [0.717, 1.165) is 83.4 Å². The number of phenolic OH excluding ortho intramolecular Hbond substituents is 2. The SMILES string of the molecule is O=C(NC1CCCCC1)Oc1ccc(Sc2ccc(OC(=O)NC3CCCCC3)cc2-c2ccc(O)cc2)c(-c2ccc(O)cc2)c1. The number of amides is 2. The Hall–Kier alpha value is -4.63. The van der Waals surface area contributed by atoms with Gasteiger partial charge < -0.3 is 30.3 Å². The summed E-state index contributed by atoms with van der Waals surface area (Å²) in [5, 5.41) is 25.9. The molecule has 0 spiro atoms. The van der Waals surface area contributed by atoms with E-state index in [0.29, 0.717) is 11.5 Å². The monoisotopic (exact) mass is 652 g/mol. The number of hydrogen-bond donors (Lipinski definition) is 4. The van der Waals surface area contributed by atoms with E-state index < -0.39 is 12.2 Å². The largest absolute Gasteiger partial charge is 0.508 e. The first kappa shape index (κ1) is 32.3. The molecule has 0 bridgehead atoms. The molecule has 4 aromatic rings. The molecule has 8 nitrogen and oxygen atoms in total. The van der Waals surface area contributed by atoms with Gasteiger partial charge in [-0.1, -0.05) is 74.6 Å². The molecule has 0 aromatic heterocycles. The van der Waals surface area contributed by atoms with E-state index in [-0.39, 0.29) is 23.6 Å². The molecule has 6 rings (SSSR count). The van der Waals surface area contributed by atoms with Gasteiger partial charge in [-0.2, -0.15) is 0 Å². The van der Waals surface area contributed by atoms with Gasteiger partial charge >= 0.3 is 12.2 Å². The van der Waals surface area contributed by atoms with Crippen LogP contribution in [0.3, 0.4) is 0 Å². The average molecular weight is 653 g/mol. The van der Waals surface area contributed by atoms with E-state index in [1.807, 2.05) is 48.5 Å². The lowest BCUT2D eigenvalue weighted by Gasteiger charge is -2.22. The Bertz CT molecular complexity index is 1550. The molecule has 47 heavy (non-hydrogen) atoms. The minimum Gasteiger partial charge on any atom is -0.508 e. The molecule has 2 fully saturated rings. The quantitative estimate of drug-likeness (QED) is 0.150. The smallest absolute Gasteiger partial charge is 0.412 e. The summed E-state index contributed by atoms with van der Waals surface area (Å²) in [6.45, 7) is 0. The molecular weight excluding hydrogens is 612 g/mol. The molecule has 244 valence electrons. The van der Waals surface area contributed by atoms with E-state index in [2.05, 4.69) is 10.6 Å². The molecule has 4 aromatic carbocycles. The van der Waals surface area contributed by atoms with Crippen molar-refractivity contribution in [3.05, 3.63) is 84.9 Å². The zero-order valence-electron chi connectivity index (χ0n) is 26.2. The van der Waals surface area contributed by atoms with E-state index >= 15 is 0 Å². The van der Waals surface area contributed by atoms with Crippen LogP contribution in [0.4, 0.5) is 9.59 Å². The molecule has 2 aliphatic rings. The third kappa shape index (κ3) is 8.80. The third-order valence-electron chi connectivity index (χ3n) is 8.75. The van der Waals surface area contributed by atoms with Gasteiger partial charge in [-0.25, -0.2) is 9.59 Å². The minimum atomic E-state index is -0.466. The summed E-state index contributed by atoms with van der Waals surface area (Å²) in [7, 11) is 0. The van der Waals surface area contributed by atoms with Crippen LogP contribution in [0.15, 0.2) is 94.7 Å². The zero-order valence-corrected chi connectivity index (χ0v) is 27.1. The van der Waals surface area contributed by atoms with Gasteiger partial charge in [0.2, 0.25) is 0 Å². The van der Waals surface area contributed by atoms with Crippen molar-refractivity contribution in [2.24, 2.45) is 0 Å². The Kier molecular flexibility index (Phi) is 10.5. The topological polar surface area (TPSA) is 117 Å². The summed E-state index contributed by atoms with van der Waals surface area (Å²) < 4.78 is 11.5. The Balaban J connectivity index is 1.28. The highest BCUT2D eigenvalue weighted by Crippen LogP contribution is 2.43. The van der Waals surface area contributed by atoms with Gasteiger partial charge in [-0.15, -0.1) is 0 Å². The summed E-state index contributed by atoms with van der Waals surface area (Å²) in [6, 6.07) is 25.1. The molecule has 0 aliphatic heterocycles. The number of aromatic hydroxyl groups is 2. The van der Waals surface area contributed by atoms with Crippen LogP contribution in [0.5, 0.6) is 23.0 Å². The molecule has 0 saturated heterocycles. The number of hydrogen-bond acceptors (Lipinski definition) is 7. The Morgan fingerprint density at radius 3 is 1.32 bits per heavy atom. The number of carbonyl (C=O) groups is 2. The lowest BCUT2D eigenvalue weighted by molar-refractivity contribution is 0.191. The van der Waals surface area contributed by atoms with Crippen molar-refractivity contribution in [3.8, 4) is 45.3 Å². The van der Waals surface area contributed by atoms with Gasteiger partial charge in [-0.05, 0) is 109 Å². The summed E-state index contributed by atoms with van der Waals surface area (Å²) in [6.07, 6.45) is 9.73. The molecular formula is C38H40N2O6S. The van der Waals surface area contributed by atoms with Crippen molar-refractivity contribution in [1.82, 2.24) is 10.6 Å². The number of nitrogens with one attached hydrogen (secondary N) is 2. The second-order valence-electron chi connectivity index (χ2n) is 12.2. The highest BCUT2D eigenvalue weighted by molar-refractivity contribution is 7.99. The maximum absolute atomic E-state index is 12.8. The maximum Gasteiger partial charge on any atom is 0.412 e. The predicted octanol–water partition coefficient (Wildman–Crippen LogP) is 9.43. The summed E-state index contributed by atoms with van der Waals surface area (Å²) in [5.41, 5.74) is 3.33. The molecule has 0 atom stereocenters. The van der Waals surface area contributed by atoms with Crippen molar-refractivity contribution in [3.63, 3.8) is 0 Å². The molecule has 2 amide bonds. The highest BCUT2D eigenvalue weighted by Gasteiger charge is 2.20. The van der Waals surface area contributed by atoms with Crippen LogP contribution in [0, 0.1) is 0 Å². The summed E-state index contributed by atoms with van der Waals surface area (Å²) in [5.74, 6) is 1.13. The van der Waals surface area contributed by atoms with Crippen LogP contribution in [0.2, 0.25) is 0 Å². The molecule has 4 N–H and O–H groups in total. The molecule has 9 heteroatoms. The fourth-order valence-corrected chi connectivity index (χ4v) is 7.36. The van der Waals surface area contributed by atoms with Crippen LogP contribution in [-0.4, -0.2) is 34.5 Å². The number of ether oxygens (including phenoxy) is 2. The fraction of sp³-hybridized carbons (Fsp3) is 0.316. The minimum absolute atomic E-state index is 0.131. The Morgan fingerprint density at radius 2 is 0.936 bits per heavy atom. The first-order valence-corrected chi connectivity index (χ1v) is 17.2. The molecule has 2 aliphatic carbocycles. The standard InChI is InChI=1S/C38H40N2O6S/c41-29-15-11-25(12-16-29)33-23-31(45-37(43)39-27-7-3-1-4-8-27)19-21-35(33)47-36-22-20-32(24-34(36)26-13-17-30(42)18-14-26)46-38(44)40-28-9-5-2-6-10-28/h11-24,27-28,41-42H,1-10H2,(H,39,43)(H,40,44). The predicted molar refractivity (Wildman–Crippen MR) is 183 cm³/mol. The number of benzene rings is 4. The number of phenols is 2. The Labute approximate surface area is 279 Å². The van der Waals surface area contributed by atoms with E-state index in [1.165, 1.54) is 24.6 Å². The van der Waals surface area contributed by atoms with Crippen molar-refractivity contribution in [2.75, 3.05) is 0 Å². The first-order chi connectivity index (χ1) is 22.9. The van der Waals surface area contributed by atoms with Crippen molar-refractivity contribution < 1.29 is 29.3 Å². The fourth-order valence-electron chi connectivity index (χ4n) is 6.27. The van der Waals surface area contributed by atoms with E-state index in [1.54, 1.807) is 36.4 Å². The van der Waals surface area contributed by atoms with Crippen molar-refractivity contribution in [1.29, 1.82) is 0 Å². The molecule has 0 radical (unpaired) electrons. The van der Waals surface area contributed by atoms with Crippen LogP contribution in [-0.2, 0) is 0 Å². The Morgan fingerprint density at radius 1 is 0.553 bits per heavy atom. The van der Waals surface area contributed by atoms with E-state index in [9.17, 15) is 19.8 Å². The summed E-state index contributed by atoms with van der Waals surface area (Å²) >= 11 is 1.51. The molecule has 0 heterocycles. The maximum atomic E-state index is 12.8. The van der Waals surface area contributed by atoms with Gasteiger partial charge in [0.05, 0.1) is 0 Å². The van der Waals surface area contributed by atoms with Gasteiger partial charge in [0.1, 0.15) is 23.0 Å². The highest BCUT2D eigenvalue weighted by atomic mass is 32.2. The first-order valence-electron chi connectivity index (χ1n) is 16.4. The van der Waals surface area contributed by atoms with Gasteiger partial charge in [0.15, 0.2) is 0 Å². The van der Waals surface area contributed by atoms with Crippen LogP contribution < -0.4 is 20.1 Å². The summed E-state index contributed by atoms with van der Waals surface area (Å²) in [4.78, 5) is 27.3. The lowest BCUT2D eigenvalue weighted by Crippen LogP contribution is -2.38. The van der Waals surface area contributed by atoms with Gasteiger partial charge in [0, 0.05) is 21.9 Å². The van der Waals surface area contributed by atoms with Crippen molar-refractivity contribution in [2.45, 2.75) is 86.1 Å². The molecule has 2 saturated carbocycles. The third-order valence-corrected chi connectivity index (χ3v) is 9.91. The van der Waals surface area contributed by atoms with Crippen LogP contribution in [0.1, 0.15) is 64.2 Å². The van der Waals surface area contributed by atoms with Gasteiger partial charge in [0.25, 0.3) is 0 Å². The molecule has 0 unspecified atom stereocenters. The number of rotatable bonds is 8. The van der Waals surface area contributed by atoms with Gasteiger partial charge in [-0.3, -0.25) is 0 Å². The normalized spacial score (nSPS) is 15.5. The van der Waals surface area contributed by atoms with E-state index in [4.69, 9.17) is 9.47 Å². The second-order valence-corrected chi connectivity index (χ2v) is 13.3. The van der Waals surface area contributed by atoms with Crippen LogP contribution in [0.25, 0.3) is 22.3 Å². The lowest BCUT2D eigenvalue weighted by atomic mass is 9.96. The zero-order chi connectivity index (χ0) is 32.6. The van der Waals surface area contributed by atoms with Crippen molar-refractivity contribution >= 4 is 23.9 Å². The average Bonchev–Trinajstić information content (AvgIpc) is 3.08. The van der Waals surface area contributed by atoms with Crippen LogP contribution >= 0.6 is 11.8 Å².